The van der Waals surface area contributed by atoms with Crippen LogP contribution in [0.25, 0.3) is 22.3 Å². The molecule has 61 heavy (non-hydrogen) atoms. The molecule has 18 nitrogen and oxygen atoms in total. The number of piperazine rings is 1. The molecule has 0 bridgehead atoms. The number of hydrogen-bond donors (Lipinski definition) is 2. The molecule has 0 unspecified atom stereocenters. The number of halogens is 2. The second-order valence-corrected chi connectivity index (χ2v) is 15.5. The summed E-state index contributed by atoms with van der Waals surface area (Å²) in [5.41, 5.74) is 3.58. The predicted octanol–water partition coefficient (Wildman–Crippen LogP) is 4.69. The van der Waals surface area contributed by atoms with E-state index in [0.29, 0.717) is 67.4 Å². The fourth-order valence-electron chi connectivity index (χ4n) is 6.43. The molecule has 2 aliphatic heterocycles. The zero-order chi connectivity index (χ0) is 42.9. The van der Waals surface area contributed by atoms with Gasteiger partial charge < -0.3 is 39.7 Å². The van der Waals surface area contributed by atoms with E-state index in [4.69, 9.17) is 32.7 Å². The topological polar surface area (TPSA) is 193 Å². The number of benzene rings is 2. The van der Waals surface area contributed by atoms with Gasteiger partial charge in [-0.25, -0.2) is 29.9 Å². The van der Waals surface area contributed by atoms with Crippen LogP contribution in [0, 0.1) is 13.8 Å². The van der Waals surface area contributed by atoms with Crippen LogP contribution in [0.2, 0.25) is 10.0 Å². The van der Waals surface area contributed by atoms with Crippen molar-refractivity contribution in [2.75, 3.05) is 100 Å². The van der Waals surface area contributed by atoms with Gasteiger partial charge in [0, 0.05) is 55.9 Å². The number of carbonyl (C=O) groups is 2. The van der Waals surface area contributed by atoms with E-state index in [0.717, 1.165) is 70.2 Å². The van der Waals surface area contributed by atoms with Crippen molar-refractivity contribution in [2.24, 2.45) is 0 Å². The van der Waals surface area contributed by atoms with Crippen LogP contribution in [-0.4, -0.2) is 141 Å². The molecule has 2 saturated heterocycles. The summed E-state index contributed by atoms with van der Waals surface area (Å²) in [6.45, 7) is 10.9. The van der Waals surface area contributed by atoms with E-state index in [1.54, 1.807) is 48.5 Å². The normalized spacial score (nSPS) is 14.9. The summed E-state index contributed by atoms with van der Waals surface area (Å²) < 4.78 is 10.9. The lowest BCUT2D eigenvalue weighted by Crippen LogP contribution is -2.45. The van der Waals surface area contributed by atoms with Crippen LogP contribution in [0.15, 0.2) is 60.9 Å². The first kappa shape index (κ1) is 43.0. The molecule has 0 radical (unpaired) electrons. The van der Waals surface area contributed by atoms with Gasteiger partial charge >= 0.3 is 0 Å². The highest BCUT2D eigenvalue weighted by Gasteiger charge is 2.20. The second-order valence-electron chi connectivity index (χ2n) is 14.6. The Morgan fingerprint density at radius 1 is 0.574 bits per heavy atom. The molecule has 6 aromatic rings. The molecule has 4 aromatic heterocycles. The van der Waals surface area contributed by atoms with Crippen LogP contribution < -0.4 is 29.9 Å². The zero-order valence-electron chi connectivity index (χ0n) is 34.3. The van der Waals surface area contributed by atoms with E-state index in [-0.39, 0.29) is 25.0 Å². The second kappa shape index (κ2) is 20.0. The third kappa shape index (κ3) is 11.8. The molecule has 0 aliphatic carbocycles. The largest absolute Gasteiger partial charge is 0.484 e. The van der Waals surface area contributed by atoms with Crippen molar-refractivity contribution in [3.8, 4) is 11.5 Å². The maximum atomic E-state index is 12.2. The molecular weight excluding hydrogens is 823 g/mol. The minimum absolute atomic E-state index is 0.154. The molecule has 2 amide bonds. The smallest absolute Gasteiger partial charge is 0.263 e. The molecule has 0 spiro atoms. The molecular formula is C41H46Cl2N14O4. The number of rotatable bonds is 10. The Morgan fingerprint density at radius 2 is 0.984 bits per heavy atom. The Hall–Kier alpha value is -6.08. The highest BCUT2D eigenvalue weighted by atomic mass is 35.5. The van der Waals surface area contributed by atoms with Crippen LogP contribution in [0.4, 0.5) is 23.5 Å². The number of aromatic nitrogens is 8. The molecule has 20 heteroatoms. The fourth-order valence-corrected chi connectivity index (χ4v) is 6.69. The zero-order valence-corrected chi connectivity index (χ0v) is 35.8. The van der Waals surface area contributed by atoms with Crippen molar-refractivity contribution in [3.63, 3.8) is 0 Å². The summed E-state index contributed by atoms with van der Waals surface area (Å²) in [4.78, 5) is 69.4. The Labute approximate surface area is 362 Å². The predicted molar refractivity (Wildman–Crippen MR) is 235 cm³/mol. The average Bonchev–Trinajstić information content (AvgIpc) is 3.48. The fraction of sp³-hybridized carbons (Fsp3) is 0.366. The molecule has 0 atom stereocenters. The van der Waals surface area contributed by atoms with Crippen molar-refractivity contribution in [2.45, 2.75) is 20.3 Å². The van der Waals surface area contributed by atoms with Crippen LogP contribution in [0.1, 0.15) is 17.8 Å². The van der Waals surface area contributed by atoms with Crippen molar-refractivity contribution in [1.29, 1.82) is 0 Å². The number of nitrogens with one attached hydrogen (secondary N) is 2. The van der Waals surface area contributed by atoms with E-state index in [9.17, 15) is 9.59 Å². The maximum absolute atomic E-state index is 12.2. The van der Waals surface area contributed by atoms with E-state index >= 15 is 0 Å². The number of fused-ring (bicyclic) bond motifs is 2. The first-order chi connectivity index (χ1) is 29.4. The van der Waals surface area contributed by atoms with Gasteiger partial charge in [-0.15, -0.1) is 0 Å². The minimum atomic E-state index is -0.341. The standard InChI is InChI=1S/C21H24ClN7O2.C20H22ClN7O2/c1-14-19-20(27-21(24-14)29-9-3-8-28(2)10-11-29)23-12-17(26-19)25-18(30)13-31-16-6-4-15(22)5-7-16;1-13-18-19(26-20(23-13)28-9-7-27(2)8-10-28)22-11-16(25-18)24-17(29)12-30-15-5-3-14(21)4-6-15/h4-7,12H,3,8-11,13H2,1-2H3,(H,25,26,30);3-6,11H,7-10,12H2,1-2H3,(H,24,25,29). The van der Waals surface area contributed by atoms with Crippen LogP contribution in [0.5, 0.6) is 11.5 Å². The number of hydrogen-bond acceptors (Lipinski definition) is 16. The average molecular weight is 870 g/mol. The Balaban J connectivity index is 0.000000184. The summed E-state index contributed by atoms with van der Waals surface area (Å²) in [6, 6.07) is 13.6. The van der Waals surface area contributed by atoms with E-state index in [1.807, 2.05) is 13.8 Å². The third-order valence-electron chi connectivity index (χ3n) is 9.83. The molecule has 318 valence electrons. The molecule has 2 fully saturated rings. The summed E-state index contributed by atoms with van der Waals surface area (Å²) in [7, 11) is 4.23. The van der Waals surface area contributed by atoms with Gasteiger partial charge in [0.15, 0.2) is 36.1 Å². The molecule has 2 aromatic carbocycles. The highest BCUT2D eigenvalue weighted by molar-refractivity contribution is 6.30. The lowest BCUT2D eigenvalue weighted by atomic mass is 10.3. The van der Waals surface area contributed by atoms with Gasteiger partial charge in [-0.1, -0.05) is 23.2 Å². The van der Waals surface area contributed by atoms with Crippen molar-refractivity contribution >= 4 is 80.9 Å². The Kier molecular flexibility index (Phi) is 14.1. The van der Waals surface area contributed by atoms with Crippen molar-refractivity contribution in [1.82, 2.24) is 49.7 Å². The Bertz CT molecular complexity index is 2470. The van der Waals surface area contributed by atoms with Crippen molar-refractivity contribution in [3.05, 3.63) is 82.4 Å². The summed E-state index contributed by atoms with van der Waals surface area (Å²) in [6.07, 6.45) is 4.04. The van der Waals surface area contributed by atoms with Crippen LogP contribution in [0.3, 0.4) is 0 Å². The number of aryl methyl sites for hydroxylation is 2. The third-order valence-corrected chi connectivity index (χ3v) is 10.3. The van der Waals surface area contributed by atoms with Gasteiger partial charge in [-0.3, -0.25) is 9.59 Å². The van der Waals surface area contributed by atoms with Gasteiger partial charge in [-0.2, -0.15) is 9.97 Å². The lowest BCUT2D eigenvalue weighted by molar-refractivity contribution is -0.118. The van der Waals surface area contributed by atoms with Gasteiger partial charge in [-0.05, 0) is 89.4 Å². The number of likely N-dealkylation sites (N-methyl/N-ethyl adjacent to an activating group) is 2. The van der Waals surface area contributed by atoms with Gasteiger partial charge in [0.05, 0.1) is 23.8 Å². The molecule has 8 rings (SSSR count). The SMILES string of the molecule is Cc1nc(N2CCCN(C)CC2)nc2ncc(NC(=O)COc3ccc(Cl)cc3)nc12.Cc1nc(N2CCN(C)CC2)nc2ncc(NC(=O)COc3ccc(Cl)cc3)nc12. The summed E-state index contributed by atoms with van der Waals surface area (Å²) in [5, 5.41) is 6.60. The Morgan fingerprint density at radius 3 is 1.43 bits per heavy atom. The summed E-state index contributed by atoms with van der Waals surface area (Å²) >= 11 is 11.7. The first-order valence-electron chi connectivity index (χ1n) is 19.7. The molecule has 2 aliphatic rings. The van der Waals surface area contributed by atoms with Crippen LogP contribution in [-0.2, 0) is 9.59 Å². The quantitative estimate of drug-likeness (QED) is 0.193. The van der Waals surface area contributed by atoms with E-state index in [2.05, 4.69) is 84.2 Å². The van der Waals surface area contributed by atoms with Gasteiger partial charge in [0.25, 0.3) is 11.8 Å². The van der Waals surface area contributed by atoms with Crippen LogP contribution >= 0.6 is 23.2 Å². The number of amides is 2. The molecule has 0 saturated carbocycles. The maximum Gasteiger partial charge on any atom is 0.263 e. The number of anilines is 4. The number of nitrogens with zero attached hydrogens (tertiary/aromatic N) is 12. The van der Waals surface area contributed by atoms with Gasteiger partial charge in [0.1, 0.15) is 22.5 Å². The molecule has 6 heterocycles. The van der Waals surface area contributed by atoms with E-state index < -0.39 is 0 Å². The minimum Gasteiger partial charge on any atom is -0.484 e. The first-order valence-corrected chi connectivity index (χ1v) is 20.5. The number of carbonyl (C=O) groups excluding carboxylic acids is 2. The van der Waals surface area contributed by atoms with Crippen molar-refractivity contribution < 1.29 is 19.1 Å². The lowest BCUT2D eigenvalue weighted by Gasteiger charge is -2.32. The monoisotopic (exact) mass is 868 g/mol. The number of ether oxygens (including phenoxy) is 2. The summed E-state index contributed by atoms with van der Waals surface area (Å²) in [5.74, 6) is 2.41. The van der Waals surface area contributed by atoms with Gasteiger partial charge in [0.2, 0.25) is 11.9 Å². The van der Waals surface area contributed by atoms with E-state index in [1.165, 1.54) is 12.4 Å². The highest BCUT2D eigenvalue weighted by Crippen LogP contribution is 2.22. The molecule has 2 N–H and O–H groups in total.